The van der Waals surface area contributed by atoms with E-state index in [1.54, 1.807) is 36.4 Å². The maximum Gasteiger partial charge on any atom is 0.265 e. The van der Waals surface area contributed by atoms with Gasteiger partial charge in [0.2, 0.25) is 0 Å². The highest BCUT2D eigenvalue weighted by Crippen LogP contribution is 2.30. The molecule has 0 saturated heterocycles. The van der Waals surface area contributed by atoms with Crippen LogP contribution in [0.1, 0.15) is 5.56 Å². The largest absolute Gasteiger partial charge is 0.497 e. The zero-order chi connectivity index (χ0) is 17.0. The average Bonchev–Trinajstić information content (AvgIpc) is 2.53. The molecule has 2 rings (SSSR count). The smallest absolute Gasteiger partial charge is 0.265 e. The van der Waals surface area contributed by atoms with Crippen LogP contribution in [0.4, 0.5) is 5.69 Å². The van der Waals surface area contributed by atoms with Gasteiger partial charge >= 0.3 is 0 Å². The Bertz CT molecular complexity index is 780. The molecule has 0 aliphatic carbocycles. The second-order valence-electron chi connectivity index (χ2n) is 4.86. The van der Waals surface area contributed by atoms with E-state index in [0.717, 1.165) is 5.56 Å². The van der Waals surface area contributed by atoms with E-state index in [9.17, 15) is 8.42 Å². The predicted molar refractivity (Wildman–Crippen MR) is 88.1 cm³/mol. The fourth-order valence-corrected chi connectivity index (χ4v) is 3.37. The number of methoxy groups -OCH3 is 3. The molecule has 2 aromatic carbocycles. The summed E-state index contributed by atoms with van der Waals surface area (Å²) in [7, 11) is 0.607. The van der Waals surface area contributed by atoms with E-state index in [1.807, 2.05) is 6.92 Å². The van der Waals surface area contributed by atoms with E-state index < -0.39 is 10.0 Å². The molecule has 1 N–H and O–H groups in total. The zero-order valence-electron chi connectivity index (χ0n) is 13.4. The van der Waals surface area contributed by atoms with Gasteiger partial charge in [0.15, 0.2) is 0 Å². The minimum atomic E-state index is -3.81. The molecule has 0 aliphatic rings. The third-order valence-electron chi connectivity index (χ3n) is 3.21. The molecule has 0 saturated carbocycles. The van der Waals surface area contributed by atoms with Gasteiger partial charge in [-0.05, 0) is 24.6 Å². The van der Waals surface area contributed by atoms with Crippen molar-refractivity contribution in [3.63, 3.8) is 0 Å². The first-order chi connectivity index (χ1) is 10.9. The summed E-state index contributed by atoms with van der Waals surface area (Å²) in [5.41, 5.74) is 1.15. The van der Waals surface area contributed by atoms with E-state index in [1.165, 1.54) is 21.3 Å². The highest BCUT2D eigenvalue weighted by molar-refractivity contribution is 7.92. The molecular formula is C16H19NO5S. The molecular weight excluding hydrogens is 318 g/mol. The van der Waals surface area contributed by atoms with Crippen LogP contribution in [0.5, 0.6) is 17.2 Å². The Balaban J connectivity index is 2.44. The highest BCUT2D eigenvalue weighted by Gasteiger charge is 2.20. The van der Waals surface area contributed by atoms with Gasteiger partial charge in [-0.15, -0.1) is 0 Å². The van der Waals surface area contributed by atoms with Crippen LogP contribution in [0, 0.1) is 6.92 Å². The number of hydrogen-bond donors (Lipinski definition) is 1. The van der Waals surface area contributed by atoms with Crippen molar-refractivity contribution in [3.05, 3.63) is 42.0 Å². The number of sulfonamides is 1. The molecule has 0 atom stereocenters. The Kier molecular flexibility index (Phi) is 5.00. The van der Waals surface area contributed by atoms with Gasteiger partial charge in [-0.25, -0.2) is 8.42 Å². The number of aryl methyl sites for hydroxylation is 1. The molecule has 7 heteroatoms. The van der Waals surface area contributed by atoms with Crippen molar-refractivity contribution in [2.75, 3.05) is 26.1 Å². The first-order valence-electron chi connectivity index (χ1n) is 6.80. The molecule has 0 radical (unpaired) electrons. The lowest BCUT2D eigenvalue weighted by molar-refractivity contribution is 0.395. The molecule has 23 heavy (non-hydrogen) atoms. The Morgan fingerprint density at radius 1 is 0.870 bits per heavy atom. The third-order valence-corrected chi connectivity index (χ3v) is 4.61. The molecule has 0 aliphatic heterocycles. The standard InChI is InChI=1S/C16H19NO5S/c1-11-5-6-15(22-4)16(7-11)23(18,19)17-12-8-13(20-2)10-14(9-12)21-3/h5-10,17H,1-4H3. The molecule has 0 spiro atoms. The number of anilines is 1. The number of ether oxygens (including phenoxy) is 3. The maximum atomic E-state index is 12.7. The minimum absolute atomic E-state index is 0.0711. The Labute approximate surface area is 136 Å². The summed E-state index contributed by atoms with van der Waals surface area (Å²) in [6.07, 6.45) is 0. The zero-order valence-corrected chi connectivity index (χ0v) is 14.2. The number of rotatable bonds is 6. The second kappa shape index (κ2) is 6.78. The van der Waals surface area contributed by atoms with Crippen molar-refractivity contribution < 1.29 is 22.6 Å². The second-order valence-corrected chi connectivity index (χ2v) is 6.51. The van der Waals surface area contributed by atoms with Crippen molar-refractivity contribution in [1.29, 1.82) is 0 Å². The molecule has 0 amide bonds. The molecule has 0 fully saturated rings. The molecule has 0 unspecified atom stereocenters. The van der Waals surface area contributed by atoms with Crippen molar-refractivity contribution in [2.45, 2.75) is 11.8 Å². The first kappa shape index (κ1) is 17.0. The van der Waals surface area contributed by atoms with Crippen LogP contribution in [-0.2, 0) is 10.0 Å². The van der Waals surface area contributed by atoms with Gasteiger partial charge < -0.3 is 14.2 Å². The fraction of sp³-hybridized carbons (Fsp3) is 0.250. The van der Waals surface area contributed by atoms with Crippen LogP contribution in [0.15, 0.2) is 41.3 Å². The molecule has 124 valence electrons. The van der Waals surface area contributed by atoms with Crippen LogP contribution < -0.4 is 18.9 Å². The molecule has 0 aromatic heterocycles. The summed E-state index contributed by atoms with van der Waals surface area (Å²) in [6, 6.07) is 9.76. The van der Waals surface area contributed by atoms with Gasteiger partial charge in [0.25, 0.3) is 10.0 Å². The van der Waals surface area contributed by atoms with Gasteiger partial charge in [0, 0.05) is 18.2 Å². The number of hydrogen-bond acceptors (Lipinski definition) is 5. The summed E-state index contributed by atoms with van der Waals surface area (Å²) in [6.45, 7) is 1.81. The monoisotopic (exact) mass is 337 g/mol. The van der Waals surface area contributed by atoms with E-state index in [0.29, 0.717) is 17.2 Å². The molecule has 0 bridgehead atoms. The van der Waals surface area contributed by atoms with Crippen LogP contribution >= 0.6 is 0 Å². The third kappa shape index (κ3) is 3.87. The average molecular weight is 337 g/mol. The molecule has 0 heterocycles. The Morgan fingerprint density at radius 2 is 1.48 bits per heavy atom. The van der Waals surface area contributed by atoms with Gasteiger partial charge in [-0.2, -0.15) is 0 Å². The molecule has 6 nitrogen and oxygen atoms in total. The lowest BCUT2D eigenvalue weighted by Gasteiger charge is -2.14. The van der Waals surface area contributed by atoms with Crippen molar-refractivity contribution >= 4 is 15.7 Å². The van der Waals surface area contributed by atoms with E-state index in [2.05, 4.69) is 4.72 Å². The number of nitrogens with one attached hydrogen (secondary N) is 1. The summed E-state index contributed by atoms with van der Waals surface area (Å²) >= 11 is 0. The Morgan fingerprint density at radius 3 is 2.00 bits per heavy atom. The molecule has 2 aromatic rings. The van der Waals surface area contributed by atoms with Crippen LogP contribution in [0.2, 0.25) is 0 Å². The van der Waals surface area contributed by atoms with E-state index in [-0.39, 0.29) is 10.6 Å². The number of benzene rings is 2. The summed E-state index contributed by atoms with van der Waals surface area (Å²) in [5, 5.41) is 0. The highest BCUT2D eigenvalue weighted by atomic mass is 32.2. The first-order valence-corrected chi connectivity index (χ1v) is 8.28. The van der Waals surface area contributed by atoms with Gasteiger partial charge in [-0.3, -0.25) is 4.72 Å². The van der Waals surface area contributed by atoms with Crippen molar-refractivity contribution in [3.8, 4) is 17.2 Å². The van der Waals surface area contributed by atoms with Crippen molar-refractivity contribution in [1.82, 2.24) is 0 Å². The lowest BCUT2D eigenvalue weighted by Crippen LogP contribution is -2.14. The topological polar surface area (TPSA) is 73.9 Å². The van der Waals surface area contributed by atoms with Gasteiger partial charge in [-0.1, -0.05) is 6.07 Å². The van der Waals surface area contributed by atoms with Crippen LogP contribution in [0.3, 0.4) is 0 Å². The maximum absolute atomic E-state index is 12.7. The lowest BCUT2D eigenvalue weighted by atomic mass is 10.2. The quantitative estimate of drug-likeness (QED) is 0.877. The summed E-state index contributed by atoms with van der Waals surface area (Å²) < 4.78 is 43.3. The van der Waals surface area contributed by atoms with E-state index in [4.69, 9.17) is 14.2 Å². The Hall–Kier alpha value is -2.41. The summed E-state index contributed by atoms with van der Waals surface area (Å²) in [5.74, 6) is 1.24. The van der Waals surface area contributed by atoms with Crippen molar-refractivity contribution in [2.24, 2.45) is 0 Å². The van der Waals surface area contributed by atoms with E-state index >= 15 is 0 Å². The SMILES string of the molecule is COc1cc(NS(=O)(=O)c2cc(C)ccc2OC)cc(OC)c1. The van der Waals surface area contributed by atoms with Gasteiger partial charge in [0.05, 0.1) is 27.0 Å². The van der Waals surface area contributed by atoms with Gasteiger partial charge in [0.1, 0.15) is 22.1 Å². The van der Waals surface area contributed by atoms with Crippen LogP contribution in [-0.4, -0.2) is 29.7 Å². The normalized spacial score (nSPS) is 11.0. The van der Waals surface area contributed by atoms with Crippen LogP contribution in [0.25, 0.3) is 0 Å². The minimum Gasteiger partial charge on any atom is -0.497 e. The fourth-order valence-electron chi connectivity index (χ4n) is 2.07. The summed E-state index contributed by atoms with van der Waals surface area (Å²) in [4.78, 5) is 0.0711. The predicted octanol–water partition coefficient (Wildman–Crippen LogP) is 2.82.